The normalized spacial score (nSPS) is 27.6. The van der Waals surface area contributed by atoms with Gasteiger partial charge in [0.05, 0.1) is 18.9 Å². The second-order valence-electron chi connectivity index (χ2n) is 5.88. The molecule has 23 heavy (non-hydrogen) atoms. The Labute approximate surface area is 134 Å². The van der Waals surface area contributed by atoms with E-state index in [2.05, 4.69) is 10.2 Å². The Balaban J connectivity index is 1.79. The van der Waals surface area contributed by atoms with Crippen LogP contribution in [0.1, 0.15) is 19.3 Å². The number of rotatable bonds is 4. The summed E-state index contributed by atoms with van der Waals surface area (Å²) in [7, 11) is 3.25. The number of hydrogen-bond donors (Lipinski definition) is 1. The Kier molecular flexibility index (Phi) is 4.43. The van der Waals surface area contributed by atoms with Gasteiger partial charge in [-0.1, -0.05) is 0 Å². The van der Waals surface area contributed by atoms with Crippen LogP contribution in [-0.2, 0) is 9.53 Å². The number of aliphatic hydroxyl groups is 1. The second-order valence-corrected chi connectivity index (χ2v) is 5.88. The number of benzene rings is 1. The van der Waals surface area contributed by atoms with Crippen LogP contribution in [0.15, 0.2) is 46.0 Å². The average Bonchev–Trinajstić information content (AvgIpc) is 2.84. The maximum atomic E-state index is 12.4. The van der Waals surface area contributed by atoms with E-state index in [4.69, 9.17) is 9.47 Å². The van der Waals surface area contributed by atoms with Gasteiger partial charge in [-0.15, -0.1) is 5.11 Å². The zero-order valence-electron chi connectivity index (χ0n) is 13.2. The molecule has 1 N–H and O–H groups in total. The van der Waals surface area contributed by atoms with Crippen molar-refractivity contribution < 1.29 is 19.4 Å². The van der Waals surface area contributed by atoms with Crippen LogP contribution in [0.4, 0.5) is 5.69 Å². The van der Waals surface area contributed by atoms with Crippen molar-refractivity contribution >= 4 is 11.5 Å². The lowest BCUT2D eigenvalue weighted by Gasteiger charge is -2.29. The molecule has 2 aliphatic carbocycles. The maximum Gasteiger partial charge on any atom is 0.190 e. The third-order valence-corrected chi connectivity index (χ3v) is 4.64. The minimum absolute atomic E-state index is 0.0546. The van der Waals surface area contributed by atoms with Gasteiger partial charge in [0.2, 0.25) is 0 Å². The highest BCUT2D eigenvalue weighted by Gasteiger charge is 2.46. The van der Waals surface area contributed by atoms with Gasteiger partial charge in [0.15, 0.2) is 11.5 Å². The van der Waals surface area contributed by atoms with Crippen molar-refractivity contribution in [2.24, 2.45) is 22.1 Å². The summed E-state index contributed by atoms with van der Waals surface area (Å²) in [6, 6.07) is 7.02. The molecule has 0 amide bonds. The van der Waals surface area contributed by atoms with E-state index in [9.17, 15) is 9.90 Å². The molecule has 1 fully saturated rings. The summed E-state index contributed by atoms with van der Waals surface area (Å²) < 4.78 is 10.4. The Morgan fingerprint density at radius 3 is 2.48 bits per heavy atom. The number of aliphatic hydroxyl groups excluding tert-OH is 1. The summed E-state index contributed by atoms with van der Waals surface area (Å²) in [6.45, 7) is 0. The van der Waals surface area contributed by atoms with E-state index >= 15 is 0 Å². The smallest absolute Gasteiger partial charge is 0.190 e. The van der Waals surface area contributed by atoms with E-state index in [1.807, 2.05) is 0 Å². The zero-order chi connectivity index (χ0) is 16.4. The first-order valence-electron chi connectivity index (χ1n) is 7.70. The molecule has 0 heterocycles. The SMILES string of the molecule is COc1ccc(N=NC2=C(O)C3CC(OC)CCC3C2=O)cc1. The highest BCUT2D eigenvalue weighted by Crippen LogP contribution is 2.43. The molecule has 0 radical (unpaired) electrons. The third kappa shape index (κ3) is 2.99. The van der Waals surface area contributed by atoms with Crippen molar-refractivity contribution in [2.75, 3.05) is 14.2 Å². The molecule has 1 saturated carbocycles. The number of fused-ring (bicyclic) bond motifs is 1. The number of carbonyl (C=O) groups excluding carboxylic acids is 1. The summed E-state index contributed by atoms with van der Waals surface area (Å²) in [5.41, 5.74) is 0.691. The molecule has 0 aromatic heterocycles. The standard InChI is InChI=1S/C17H20N2O4/c1-22-11-5-3-10(4-6-11)18-19-15-16(20)13-8-7-12(23-2)9-14(13)17(15)21/h3-6,12-14,21H,7-9H2,1-2H3. The summed E-state index contributed by atoms with van der Waals surface area (Å²) in [5, 5.41) is 18.4. The number of carbonyl (C=O) groups is 1. The topological polar surface area (TPSA) is 80.5 Å². The van der Waals surface area contributed by atoms with Crippen molar-refractivity contribution in [1.29, 1.82) is 0 Å². The molecule has 1 aromatic rings. The van der Waals surface area contributed by atoms with Crippen LogP contribution in [-0.4, -0.2) is 31.2 Å². The van der Waals surface area contributed by atoms with E-state index in [1.54, 1.807) is 38.5 Å². The highest BCUT2D eigenvalue weighted by molar-refractivity contribution is 6.00. The van der Waals surface area contributed by atoms with E-state index in [-0.39, 0.29) is 35.2 Å². The first-order valence-corrected chi connectivity index (χ1v) is 7.70. The number of azo groups is 1. The zero-order valence-corrected chi connectivity index (χ0v) is 13.2. The minimum atomic E-state index is -0.189. The molecule has 0 bridgehead atoms. The van der Waals surface area contributed by atoms with Gasteiger partial charge in [-0.2, -0.15) is 5.11 Å². The first-order chi connectivity index (χ1) is 11.1. The predicted molar refractivity (Wildman–Crippen MR) is 83.8 cm³/mol. The molecule has 122 valence electrons. The molecule has 0 saturated heterocycles. The number of Topliss-reactive ketones (excluding diaryl/α,β-unsaturated/α-hetero) is 1. The monoisotopic (exact) mass is 316 g/mol. The Morgan fingerprint density at radius 1 is 1.09 bits per heavy atom. The van der Waals surface area contributed by atoms with Crippen LogP contribution in [0.3, 0.4) is 0 Å². The molecule has 3 unspecified atom stereocenters. The summed E-state index contributed by atoms with van der Waals surface area (Å²) in [4.78, 5) is 12.4. The number of ether oxygens (including phenoxy) is 2. The van der Waals surface area contributed by atoms with Gasteiger partial charge in [-0.3, -0.25) is 4.79 Å². The molecule has 6 heteroatoms. The highest BCUT2D eigenvalue weighted by atomic mass is 16.5. The second kappa shape index (κ2) is 6.50. The number of ketones is 1. The van der Waals surface area contributed by atoms with Crippen molar-refractivity contribution in [3.05, 3.63) is 35.7 Å². The molecule has 3 rings (SSSR count). The first kappa shape index (κ1) is 15.7. The van der Waals surface area contributed by atoms with Gasteiger partial charge in [0, 0.05) is 18.9 Å². The quantitative estimate of drug-likeness (QED) is 0.861. The van der Waals surface area contributed by atoms with Crippen LogP contribution in [0.25, 0.3) is 0 Å². The fourth-order valence-electron chi connectivity index (χ4n) is 3.30. The van der Waals surface area contributed by atoms with Gasteiger partial charge in [-0.05, 0) is 43.5 Å². The number of allylic oxidation sites excluding steroid dienone is 2. The number of nitrogens with zero attached hydrogens (tertiary/aromatic N) is 2. The lowest BCUT2D eigenvalue weighted by molar-refractivity contribution is -0.121. The van der Waals surface area contributed by atoms with Gasteiger partial charge in [0.25, 0.3) is 0 Å². The number of methoxy groups -OCH3 is 2. The maximum absolute atomic E-state index is 12.4. The average molecular weight is 316 g/mol. The Hall–Kier alpha value is -2.21. The summed E-state index contributed by atoms with van der Waals surface area (Å²) in [5.74, 6) is 0.287. The van der Waals surface area contributed by atoms with E-state index in [1.165, 1.54) is 0 Å². The largest absolute Gasteiger partial charge is 0.510 e. The Bertz CT molecular complexity index is 651. The van der Waals surface area contributed by atoms with Crippen LogP contribution in [0.2, 0.25) is 0 Å². The summed E-state index contributed by atoms with van der Waals surface area (Å²) >= 11 is 0. The third-order valence-electron chi connectivity index (χ3n) is 4.64. The minimum Gasteiger partial charge on any atom is -0.510 e. The van der Waals surface area contributed by atoms with E-state index in [0.717, 1.165) is 12.2 Å². The fraction of sp³-hybridized carbons (Fsp3) is 0.471. The lowest BCUT2D eigenvalue weighted by Crippen LogP contribution is -2.30. The van der Waals surface area contributed by atoms with Crippen molar-refractivity contribution in [3.63, 3.8) is 0 Å². The molecular formula is C17H20N2O4. The van der Waals surface area contributed by atoms with E-state index < -0.39 is 0 Å². The van der Waals surface area contributed by atoms with Crippen LogP contribution in [0.5, 0.6) is 5.75 Å². The molecule has 0 spiro atoms. The van der Waals surface area contributed by atoms with Gasteiger partial charge in [0.1, 0.15) is 11.5 Å². The van der Waals surface area contributed by atoms with Gasteiger partial charge < -0.3 is 14.6 Å². The predicted octanol–water partition coefficient (Wildman–Crippen LogP) is 3.56. The molecule has 3 atom stereocenters. The van der Waals surface area contributed by atoms with Crippen molar-refractivity contribution in [2.45, 2.75) is 25.4 Å². The molecule has 6 nitrogen and oxygen atoms in total. The lowest BCUT2D eigenvalue weighted by atomic mass is 9.79. The molecule has 1 aromatic carbocycles. The van der Waals surface area contributed by atoms with Gasteiger partial charge in [-0.25, -0.2) is 0 Å². The van der Waals surface area contributed by atoms with Crippen molar-refractivity contribution in [3.8, 4) is 5.75 Å². The summed E-state index contributed by atoms with van der Waals surface area (Å²) in [6.07, 6.45) is 2.29. The van der Waals surface area contributed by atoms with Crippen molar-refractivity contribution in [1.82, 2.24) is 0 Å². The molecular weight excluding hydrogens is 296 g/mol. The van der Waals surface area contributed by atoms with Gasteiger partial charge >= 0.3 is 0 Å². The molecule has 0 aliphatic heterocycles. The molecule has 2 aliphatic rings. The number of hydrogen-bond acceptors (Lipinski definition) is 6. The Morgan fingerprint density at radius 2 is 1.83 bits per heavy atom. The van der Waals surface area contributed by atoms with E-state index in [0.29, 0.717) is 18.5 Å². The van der Waals surface area contributed by atoms with Crippen LogP contribution >= 0.6 is 0 Å². The fourth-order valence-corrected chi connectivity index (χ4v) is 3.30. The van der Waals surface area contributed by atoms with Crippen LogP contribution in [0, 0.1) is 11.8 Å². The van der Waals surface area contributed by atoms with Crippen LogP contribution < -0.4 is 4.74 Å².